The lowest BCUT2D eigenvalue weighted by molar-refractivity contribution is -0.315. The van der Waals surface area contributed by atoms with Gasteiger partial charge in [0.15, 0.2) is 0 Å². The molecule has 0 spiro atoms. The third-order valence-corrected chi connectivity index (χ3v) is 1.05. The Morgan fingerprint density at radius 3 is 1.71 bits per heavy atom. The summed E-state index contributed by atoms with van der Waals surface area (Å²) in [5.74, 6) is -3.09. The summed E-state index contributed by atoms with van der Waals surface area (Å²) in [5.41, 5.74) is 0. The van der Waals surface area contributed by atoms with Crippen LogP contribution in [0, 0.1) is 0 Å². The van der Waals surface area contributed by atoms with Crippen LogP contribution in [0.5, 0.6) is 0 Å². The highest BCUT2D eigenvalue weighted by Gasteiger charge is 1.96. The van der Waals surface area contributed by atoms with E-state index in [1.54, 1.807) is 6.92 Å². The first-order chi connectivity index (χ1) is 6.31. The second kappa shape index (κ2) is 8.18. The molecule has 6 heteroatoms. The number of Topliss-reactive ketones (excluding diaryl/α,β-unsaturated/α-hetero) is 1. The minimum Gasteiger partial charge on any atom is -0.550 e. The van der Waals surface area contributed by atoms with Crippen molar-refractivity contribution in [2.24, 2.45) is 0 Å². The van der Waals surface area contributed by atoms with Gasteiger partial charge in [-0.25, -0.2) is 0 Å². The SMILES string of the molecule is CC(=O)CC(=O)[O-].CCC(O)C(=O)[O-]. The molecule has 0 amide bonds. The van der Waals surface area contributed by atoms with Gasteiger partial charge in [-0.1, -0.05) is 6.92 Å². The molecule has 1 atom stereocenters. The Labute approximate surface area is 81.2 Å². The number of carboxylic acid groups (broad SMARTS) is 2. The molecule has 0 heterocycles. The third kappa shape index (κ3) is 13.2. The van der Waals surface area contributed by atoms with Gasteiger partial charge in [0.05, 0.1) is 12.1 Å². The van der Waals surface area contributed by atoms with Gasteiger partial charge >= 0.3 is 0 Å². The zero-order valence-electron chi connectivity index (χ0n) is 7.98. The molecule has 82 valence electrons. The average molecular weight is 204 g/mol. The molecule has 0 aromatic carbocycles. The maximum absolute atomic E-state index is 9.83. The van der Waals surface area contributed by atoms with Gasteiger partial charge in [-0.15, -0.1) is 0 Å². The van der Waals surface area contributed by atoms with Crippen LogP contribution in [0.1, 0.15) is 26.7 Å². The fourth-order valence-corrected chi connectivity index (χ4v) is 0.370. The van der Waals surface area contributed by atoms with Crippen LogP contribution in [0.3, 0.4) is 0 Å². The van der Waals surface area contributed by atoms with Gasteiger partial charge in [0.2, 0.25) is 0 Å². The summed E-state index contributed by atoms with van der Waals surface area (Å²) < 4.78 is 0. The molecule has 0 bridgehead atoms. The predicted molar refractivity (Wildman–Crippen MR) is 41.6 cm³/mol. The number of carboxylic acids is 2. The third-order valence-electron chi connectivity index (χ3n) is 1.05. The summed E-state index contributed by atoms with van der Waals surface area (Å²) in [6.45, 7) is 2.77. The van der Waals surface area contributed by atoms with Crippen molar-refractivity contribution >= 4 is 17.7 Å². The number of carbonyl (C=O) groups excluding carboxylic acids is 3. The Morgan fingerprint density at radius 2 is 1.71 bits per heavy atom. The summed E-state index contributed by atoms with van der Waals surface area (Å²) in [7, 11) is 0. The molecule has 0 saturated heterocycles. The number of aliphatic carboxylic acids is 2. The van der Waals surface area contributed by atoms with E-state index in [9.17, 15) is 24.6 Å². The molecular formula is C8H12O6-2. The van der Waals surface area contributed by atoms with Crippen LogP contribution in [-0.4, -0.2) is 28.9 Å². The van der Waals surface area contributed by atoms with E-state index in [0.717, 1.165) is 0 Å². The first-order valence-electron chi connectivity index (χ1n) is 3.89. The highest BCUT2D eigenvalue weighted by Crippen LogP contribution is 1.83. The van der Waals surface area contributed by atoms with Crippen molar-refractivity contribution in [2.45, 2.75) is 32.8 Å². The molecule has 0 aliphatic rings. The Morgan fingerprint density at radius 1 is 1.29 bits per heavy atom. The largest absolute Gasteiger partial charge is 0.550 e. The number of hydrogen-bond donors (Lipinski definition) is 1. The molecule has 0 radical (unpaired) electrons. The monoisotopic (exact) mass is 204 g/mol. The fourth-order valence-electron chi connectivity index (χ4n) is 0.370. The highest BCUT2D eigenvalue weighted by molar-refractivity contribution is 5.92. The van der Waals surface area contributed by atoms with E-state index in [4.69, 9.17) is 5.11 Å². The zero-order valence-corrected chi connectivity index (χ0v) is 7.98. The van der Waals surface area contributed by atoms with Crippen molar-refractivity contribution < 1.29 is 29.7 Å². The Balaban J connectivity index is 0. The molecule has 6 nitrogen and oxygen atoms in total. The molecular weight excluding hydrogens is 192 g/mol. The van der Waals surface area contributed by atoms with Gasteiger partial charge in [-0.2, -0.15) is 0 Å². The van der Waals surface area contributed by atoms with Crippen molar-refractivity contribution in [3.05, 3.63) is 0 Å². The molecule has 0 fully saturated rings. The molecule has 0 saturated carbocycles. The van der Waals surface area contributed by atoms with Crippen molar-refractivity contribution in [1.82, 2.24) is 0 Å². The van der Waals surface area contributed by atoms with Crippen molar-refractivity contribution in [1.29, 1.82) is 0 Å². The predicted octanol–water partition coefficient (Wildman–Crippen LogP) is -2.78. The minimum atomic E-state index is -1.40. The van der Waals surface area contributed by atoms with Crippen LogP contribution in [0.25, 0.3) is 0 Å². The quantitative estimate of drug-likeness (QED) is 0.495. The van der Waals surface area contributed by atoms with Gasteiger partial charge in [0.25, 0.3) is 0 Å². The molecule has 0 aromatic rings. The first-order valence-corrected chi connectivity index (χ1v) is 3.89. The lowest BCUT2D eigenvalue weighted by Gasteiger charge is -2.05. The van der Waals surface area contributed by atoms with Crippen molar-refractivity contribution in [3.63, 3.8) is 0 Å². The number of aliphatic hydroxyl groups excluding tert-OH is 1. The fraction of sp³-hybridized carbons (Fsp3) is 0.625. The van der Waals surface area contributed by atoms with E-state index in [-0.39, 0.29) is 12.2 Å². The van der Waals surface area contributed by atoms with E-state index >= 15 is 0 Å². The van der Waals surface area contributed by atoms with Crippen LogP contribution < -0.4 is 10.2 Å². The normalized spacial score (nSPS) is 10.8. The molecule has 1 N–H and O–H groups in total. The Bertz CT molecular complexity index is 198. The van der Waals surface area contributed by atoms with E-state index in [1.165, 1.54) is 6.92 Å². The second-order valence-corrected chi connectivity index (χ2v) is 2.49. The number of rotatable bonds is 4. The smallest absolute Gasteiger partial charge is 0.135 e. The molecule has 1 unspecified atom stereocenters. The summed E-state index contributed by atoms with van der Waals surface area (Å²) in [4.78, 5) is 28.9. The van der Waals surface area contributed by atoms with Gasteiger partial charge in [-0.05, 0) is 13.3 Å². The van der Waals surface area contributed by atoms with Crippen LogP contribution >= 0.6 is 0 Å². The lowest BCUT2D eigenvalue weighted by atomic mass is 10.3. The Kier molecular flexibility index (Phi) is 8.80. The second-order valence-electron chi connectivity index (χ2n) is 2.49. The molecule has 0 aromatic heterocycles. The summed E-state index contributed by atoms with van der Waals surface area (Å²) in [5, 5.41) is 27.3. The van der Waals surface area contributed by atoms with Crippen molar-refractivity contribution in [3.8, 4) is 0 Å². The number of carbonyl (C=O) groups is 3. The number of ketones is 1. The highest BCUT2D eigenvalue weighted by atomic mass is 16.4. The van der Waals surface area contributed by atoms with E-state index in [0.29, 0.717) is 0 Å². The average Bonchev–Trinajstić information content (AvgIpc) is 2.01. The number of aliphatic hydroxyl groups is 1. The maximum atomic E-state index is 9.83. The number of hydrogen-bond acceptors (Lipinski definition) is 6. The van der Waals surface area contributed by atoms with Gasteiger partial charge < -0.3 is 24.9 Å². The minimum absolute atomic E-state index is 0.211. The topological polar surface area (TPSA) is 118 Å². The Hall–Kier alpha value is -1.43. The summed E-state index contributed by atoms with van der Waals surface area (Å²) in [6, 6.07) is 0. The van der Waals surface area contributed by atoms with Crippen LogP contribution in [0.15, 0.2) is 0 Å². The molecule has 14 heavy (non-hydrogen) atoms. The van der Waals surface area contributed by atoms with Gasteiger partial charge in [0.1, 0.15) is 5.78 Å². The van der Waals surface area contributed by atoms with E-state index in [2.05, 4.69) is 0 Å². The van der Waals surface area contributed by atoms with Gasteiger partial charge in [-0.3, -0.25) is 4.79 Å². The van der Waals surface area contributed by atoms with Crippen LogP contribution in [-0.2, 0) is 14.4 Å². The molecule has 0 aliphatic heterocycles. The van der Waals surface area contributed by atoms with E-state index in [1.807, 2.05) is 0 Å². The first kappa shape index (κ1) is 15.1. The van der Waals surface area contributed by atoms with Crippen LogP contribution in [0.4, 0.5) is 0 Å². The van der Waals surface area contributed by atoms with E-state index < -0.39 is 24.5 Å². The molecule has 0 aliphatic carbocycles. The lowest BCUT2D eigenvalue weighted by Crippen LogP contribution is -2.34. The van der Waals surface area contributed by atoms with Crippen molar-refractivity contribution in [2.75, 3.05) is 0 Å². The zero-order chi connectivity index (χ0) is 11.7. The maximum Gasteiger partial charge on any atom is 0.135 e. The van der Waals surface area contributed by atoms with Crippen LogP contribution in [0.2, 0.25) is 0 Å². The summed E-state index contributed by atoms with van der Waals surface area (Å²) in [6.07, 6.45) is -1.55. The van der Waals surface area contributed by atoms with Gasteiger partial charge in [0, 0.05) is 12.4 Å². The summed E-state index contributed by atoms with van der Waals surface area (Å²) >= 11 is 0. The molecule has 0 rings (SSSR count). The standard InChI is InChI=1S/C4H6O3.C4H8O3/c1-3(5)2-4(6)7;1-2-3(5)4(6)7/h2H2,1H3,(H,6,7);3,5H,2H2,1H3,(H,6,7)/p-2.